The van der Waals surface area contributed by atoms with Crippen molar-refractivity contribution in [2.24, 2.45) is 10.7 Å². The molecule has 1 aliphatic heterocycles. The Hall–Kier alpha value is -4.75. The lowest BCUT2D eigenvalue weighted by Gasteiger charge is -2.37. The molecule has 0 radical (unpaired) electrons. The molecule has 0 bridgehead atoms. The van der Waals surface area contributed by atoms with Crippen molar-refractivity contribution < 1.29 is 14.6 Å². The summed E-state index contributed by atoms with van der Waals surface area (Å²) in [5, 5.41) is 17.4. The fourth-order valence-electron chi connectivity index (χ4n) is 5.47. The fraction of sp³-hybridized carbons (Fsp3) is 0.206. The average Bonchev–Trinajstić information content (AvgIpc) is 3.34. The first-order valence-corrected chi connectivity index (χ1v) is 13.7. The average molecular weight is 547 g/mol. The van der Waals surface area contributed by atoms with Crippen LogP contribution in [0.4, 0.5) is 0 Å². The van der Waals surface area contributed by atoms with E-state index in [0.29, 0.717) is 18.8 Å². The summed E-state index contributed by atoms with van der Waals surface area (Å²) in [6, 6.07) is 34.7. The Kier molecular flexibility index (Phi) is 8.26. The molecule has 0 saturated heterocycles. The molecule has 1 aliphatic rings. The molecular weight excluding hydrogens is 512 g/mol. The topological polar surface area (TPSA) is 112 Å². The molecule has 1 heterocycles. The number of hydrogen-bond acceptors (Lipinski definition) is 6. The number of benzene rings is 4. The quantitative estimate of drug-likeness (QED) is 0.145. The van der Waals surface area contributed by atoms with E-state index < -0.39 is 17.6 Å². The Morgan fingerprint density at radius 1 is 0.902 bits per heavy atom. The summed E-state index contributed by atoms with van der Waals surface area (Å²) in [6.07, 6.45) is 0.347. The monoisotopic (exact) mass is 546 g/mol. The molecule has 7 nitrogen and oxygen atoms in total. The number of ether oxygens (including phenoxy) is 1. The standard InChI is InChI=1S/C34H34N4O3/c1-2-41-33(40)34(29-11-7-4-8-12-29)31(27-17-13-24(14-18-27)21-30(35)36)38(22-25-9-5-3-6-10-25)32(37-34)28-19-15-26(23-39)16-20-28/h3-20,31,39H,2,21-23H2,1H3,(H3,35,36)/t31-,34-/m1/s1. The Morgan fingerprint density at radius 3 is 2.10 bits per heavy atom. The Labute approximate surface area is 240 Å². The maximum atomic E-state index is 14.2. The molecule has 0 aromatic heterocycles. The lowest BCUT2D eigenvalue weighted by Crippen LogP contribution is -2.44. The van der Waals surface area contributed by atoms with E-state index in [2.05, 4.69) is 17.0 Å². The van der Waals surface area contributed by atoms with Gasteiger partial charge in [-0.2, -0.15) is 0 Å². The van der Waals surface area contributed by atoms with Gasteiger partial charge in [-0.15, -0.1) is 0 Å². The number of nitrogens with one attached hydrogen (secondary N) is 1. The first-order valence-electron chi connectivity index (χ1n) is 13.7. The Morgan fingerprint density at radius 2 is 1.51 bits per heavy atom. The van der Waals surface area contributed by atoms with Crippen LogP contribution in [0.5, 0.6) is 0 Å². The minimum Gasteiger partial charge on any atom is -0.464 e. The van der Waals surface area contributed by atoms with E-state index in [-0.39, 0.29) is 19.0 Å². The van der Waals surface area contributed by atoms with Crippen LogP contribution in [0.25, 0.3) is 0 Å². The van der Waals surface area contributed by atoms with Crippen molar-refractivity contribution >= 4 is 17.6 Å². The first kappa shape index (κ1) is 27.8. The number of aliphatic imine (C=N–C) groups is 1. The lowest BCUT2D eigenvalue weighted by atomic mass is 9.79. The summed E-state index contributed by atoms with van der Waals surface area (Å²) in [6.45, 7) is 2.45. The number of carbonyl (C=O) groups excluding carboxylic acids is 1. The van der Waals surface area contributed by atoms with E-state index >= 15 is 0 Å². The van der Waals surface area contributed by atoms with Gasteiger partial charge in [-0.25, -0.2) is 9.79 Å². The van der Waals surface area contributed by atoms with Crippen LogP contribution in [0.3, 0.4) is 0 Å². The highest BCUT2D eigenvalue weighted by molar-refractivity contribution is 6.04. The maximum absolute atomic E-state index is 14.2. The number of amidine groups is 2. The molecule has 41 heavy (non-hydrogen) atoms. The second-order valence-electron chi connectivity index (χ2n) is 10.1. The number of nitrogens with zero attached hydrogens (tertiary/aromatic N) is 2. The molecule has 208 valence electrons. The number of rotatable bonds is 10. The van der Waals surface area contributed by atoms with Crippen LogP contribution in [-0.4, -0.2) is 34.3 Å². The summed E-state index contributed by atoms with van der Waals surface area (Å²) in [7, 11) is 0. The number of aliphatic hydroxyl groups excluding tert-OH is 1. The summed E-state index contributed by atoms with van der Waals surface area (Å²) in [5.74, 6) is 0.323. The largest absolute Gasteiger partial charge is 0.464 e. The zero-order valence-corrected chi connectivity index (χ0v) is 23.0. The Bertz CT molecular complexity index is 1520. The first-order chi connectivity index (χ1) is 20.0. The van der Waals surface area contributed by atoms with Gasteiger partial charge in [0.2, 0.25) is 5.54 Å². The van der Waals surface area contributed by atoms with Crippen molar-refractivity contribution in [3.8, 4) is 0 Å². The lowest BCUT2D eigenvalue weighted by molar-refractivity contribution is -0.151. The van der Waals surface area contributed by atoms with Gasteiger partial charge in [-0.05, 0) is 34.7 Å². The van der Waals surface area contributed by atoms with Crippen LogP contribution >= 0.6 is 0 Å². The van der Waals surface area contributed by atoms with Crippen LogP contribution < -0.4 is 5.73 Å². The van der Waals surface area contributed by atoms with Crippen molar-refractivity contribution in [1.29, 1.82) is 5.41 Å². The third kappa shape index (κ3) is 5.62. The van der Waals surface area contributed by atoms with Crippen LogP contribution in [0.2, 0.25) is 0 Å². The van der Waals surface area contributed by atoms with Crippen molar-refractivity contribution in [1.82, 2.24) is 4.90 Å². The van der Waals surface area contributed by atoms with Crippen molar-refractivity contribution in [2.45, 2.75) is 38.1 Å². The summed E-state index contributed by atoms with van der Waals surface area (Å²) in [5.41, 5.74) is 9.50. The van der Waals surface area contributed by atoms with E-state index in [1.165, 1.54) is 0 Å². The van der Waals surface area contributed by atoms with Gasteiger partial charge in [0.05, 0.1) is 25.1 Å². The van der Waals surface area contributed by atoms with Crippen LogP contribution in [-0.2, 0) is 34.6 Å². The molecule has 5 rings (SSSR count). The molecule has 4 aromatic carbocycles. The third-order valence-electron chi connectivity index (χ3n) is 7.34. The van der Waals surface area contributed by atoms with Gasteiger partial charge in [0.1, 0.15) is 5.84 Å². The molecule has 4 N–H and O–H groups in total. The van der Waals surface area contributed by atoms with Crippen molar-refractivity contribution in [2.75, 3.05) is 6.61 Å². The van der Waals surface area contributed by atoms with Gasteiger partial charge in [-0.3, -0.25) is 5.41 Å². The smallest absolute Gasteiger partial charge is 0.341 e. The molecule has 7 heteroatoms. The van der Waals surface area contributed by atoms with Gasteiger partial charge in [0.25, 0.3) is 0 Å². The molecule has 0 fully saturated rings. The van der Waals surface area contributed by atoms with Gasteiger partial charge in [0, 0.05) is 18.5 Å². The van der Waals surface area contributed by atoms with Gasteiger partial charge in [-0.1, -0.05) is 109 Å². The van der Waals surface area contributed by atoms with Crippen LogP contribution in [0.1, 0.15) is 46.3 Å². The molecule has 2 atom stereocenters. The highest BCUT2D eigenvalue weighted by Gasteiger charge is 2.57. The number of aliphatic hydroxyl groups is 1. The normalized spacial score (nSPS) is 18.1. The van der Waals surface area contributed by atoms with E-state index in [1.807, 2.05) is 97.1 Å². The molecular formula is C34H34N4O3. The second kappa shape index (κ2) is 12.2. The fourth-order valence-corrected chi connectivity index (χ4v) is 5.47. The summed E-state index contributed by atoms with van der Waals surface area (Å²) in [4.78, 5) is 21.7. The van der Waals surface area contributed by atoms with E-state index in [9.17, 15) is 9.90 Å². The third-order valence-corrected chi connectivity index (χ3v) is 7.34. The second-order valence-corrected chi connectivity index (χ2v) is 10.1. The van der Waals surface area contributed by atoms with Crippen LogP contribution in [0.15, 0.2) is 114 Å². The van der Waals surface area contributed by atoms with Crippen molar-refractivity contribution in [3.63, 3.8) is 0 Å². The van der Waals surface area contributed by atoms with Crippen molar-refractivity contribution in [3.05, 3.63) is 143 Å². The highest BCUT2D eigenvalue weighted by Crippen LogP contribution is 2.50. The van der Waals surface area contributed by atoms with E-state index in [4.69, 9.17) is 20.9 Å². The number of esters is 1. The summed E-state index contributed by atoms with van der Waals surface area (Å²) < 4.78 is 5.78. The Balaban J connectivity index is 1.76. The van der Waals surface area contributed by atoms with E-state index in [1.54, 1.807) is 6.92 Å². The zero-order chi connectivity index (χ0) is 28.8. The van der Waals surface area contributed by atoms with Gasteiger partial charge >= 0.3 is 5.97 Å². The minimum absolute atomic E-state index is 0.0630. The maximum Gasteiger partial charge on any atom is 0.341 e. The molecule has 0 saturated carbocycles. The molecule has 4 aromatic rings. The predicted molar refractivity (Wildman–Crippen MR) is 160 cm³/mol. The van der Waals surface area contributed by atoms with E-state index in [0.717, 1.165) is 33.4 Å². The molecule has 0 spiro atoms. The minimum atomic E-state index is -1.39. The summed E-state index contributed by atoms with van der Waals surface area (Å²) >= 11 is 0. The molecule has 0 unspecified atom stereocenters. The SMILES string of the molecule is CCOC(=O)[C@]1(c2ccccc2)N=C(c2ccc(CO)cc2)N(Cc2ccccc2)[C@@H]1c1ccc(CC(=N)N)cc1. The number of carbonyl (C=O) groups is 1. The molecule has 0 amide bonds. The van der Waals surface area contributed by atoms with Gasteiger partial charge < -0.3 is 20.5 Å². The highest BCUT2D eigenvalue weighted by atomic mass is 16.5. The number of hydrogen-bond donors (Lipinski definition) is 3. The molecule has 0 aliphatic carbocycles. The van der Waals surface area contributed by atoms with Crippen LogP contribution in [0, 0.1) is 5.41 Å². The predicted octanol–water partition coefficient (Wildman–Crippen LogP) is 5.12. The zero-order valence-electron chi connectivity index (χ0n) is 23.0. The number of nitrogens with two attached hydrogens (primary N) is 1. The van der Waals surface area contributed by atoms with Gasteiger partial charge in [0.15, 0.2) is 0 Å².